The van der Waals surface area contributed by atoms with Gasteiger partial charge >= 0.3 is 0 Å². The molecule has 0 bridgehead atoms. The van der Waals surface area contributed by atoms with Crippen LogP contribution in [0.15, 0.2) is 42.0 Å². The van der Waals surface area contributed by atoms with Crippen LogP contribution < -0.4 is 10.8 Å². The van der Waals surface area contributed by atoms with Crippen LogP contribution in [-0.4, -0.2) is 33.6 Å². The summed E-state index contributed by atoms with van der Waals surface area (Å²) in [5.41, 5.74) is 5.62. The molecule has 1 heterocycles. The van der Waals surface area contributed by atoms with Gasteiger partial charge < -0.3 is 9.74 Å². The molecule has 1 aromatic carbocycles. The number of benzene rings is 1. The number of hydroxylamine groups is 1. The third-order valence-electron chi connectivity index (χ3n) is 5.33. The molecular formula is C20H34N2O2Si. The lowest BCUT2D eigenvalue weighted by molar-refractivity contribution is 0.0116. The highest BCUT2D eigenvalue weighted by atomic mass is 28.4. The fourth-order valence-electron chi connectivity index (χ4n) is 2.50. The van der Waals surface area contributed by atoms with Gasteiger partial charge in [-0.3, -0.25) is 4.84 Å². The molecule has 0 fully saturated rings. The van der Waals surface area contributed by atoms with Crippen molar-refractivity contribution in [2.45, 2.75) is 64.5 Å². The standard InChI is InChI=1S/C20H34N2O2Si/c1-16-12-18(22-23-14-17-10-8-7-9-11-17)13-21-19(16)15-24-25(5,6)20(2,3)4/h7-12,18-19,21-22H,13-15H2,1-6H3/t18-,19-/m1/s1. The summed E-state index contributed by atoms with van der Waals surface area (Å²) in [5, 5.41) is 3.82. The maximum Gasteiger partial charge on any atom is 0.192 e. The van der Waals surface area contributed by atoms with Crippen LogP contribution in [0.1, 0.15) is 33.3 Å². The Hall–Kier alpha value is -0.983. The van der Waals surface area contributed by atoms with Crippen LogP contribution in [0.4, 0.5) is 0 Å². The van der Waals surface area contributed by atoms with Crippen molar-refractivity contribution >= 4 is 8.32 Å². The zero-order valence-corrected chi connectivity index (χ0v) is 17.6. The molecule has 0 spiro atoms. The second-order valence-electron chi connectivity index (χ2n) is 8.44. The Balaban J connectivity index is 1.78. The summed E-state index contributed by atoms with van der Waals surface area (Å²) in [7, 11) is -1.70. The van der Waals surface area contributed by atoms with E-state index in [0.29, 0.717) is 12.6 Å². The molecule has 1 aliphatic rings. The van der Waals surface area contributed by atoms with E-state index in [-0.39, 0.29) is 11.1 Å². The molecule has 0 aliphatic carbocycles. The molecule has 1 aromatic rings. The van der Waals surface area contributed by atoms with Gasteiger partial charge in [0, 0.05) is 6.54 Å². The Morgan fingerprint density at radius 3 is 2.48 bits per heavy atom. The molecule has 2 rings (SSSR count). The molecule has 0 aromatic heterocycles. The molecular weight excluding hydrogens is 328 g/mol. The van der Waals surface area contributed by atoms with E-state index in [1.54, 1.807) is 0 Å². The minimum Gasteiger partial charge on any atom is -0.415 e. The van der Waals surface area contributed by atoms with Gasteiger partial charge in [-0.15, -0.1) is 0 Å². The summed E-state index contributed by atoms with van der Waals surface area (Å²) in [6, 6.07) is 10.7. The first-order valence-corrected chi connectivity index (χ1v) is 12.1. The van der Waals surface area contributed by atoms with Crippen LogP contribution in [0.2, 0.25) is 18.1 Å². The monoisotopic (exact) mass is 362 g/mol. The lowest BCUT2D eigenvalue weighted by atomic mass is 10.0. The number of hydrogen-bond donors (Lipinski definition) is 2. The van der Waals surface area contributed by atoms with E-state index in [0.717, 1.165) is 13.2 Å². The van der Waals surface area contributed by atoms with Crippen LogP contribution in [0.3, 0.4) is 0 Å². The predicted molar refractivity (Wildman–Crippen MR) is 107 cm³/mol. The van der Waals surface area contributed by atoms with E-state index in [1.165, 1.54) is 11.1 Å². The van der Waals surface area contributed by atoms with Crippen LogP contribution in [0, 0.1) is 0 Å². The first-order valence-electron chi connectivity index (χ1n) is 9.16. The van der Waals surface area contributed by atoms with Gasteiger partial charge in [0.05, 0.1) is 25.3 Å². The summed E-state index contributed by atoms with van der Waals surface area (Å²) in [4.78, 5) is 5.64. The lowest BCUT2D eigenvalue weighted by Crippen LogP contribution is -2.50. The molecule has 0 saturated carbocycles. The minimum atomic E-state index is -1.70. The Morgan fingerprint density at radius 2 is 1.88 bits per heavy atom. The summed E-state index contributed by atoms with van der Waals surface area (Å²) < 4.78 is 6.36. The topological polar surface area (TPSA) is 42.5 Å². The largest absolute Gasteiger partial charge is 0.415 e. The number of rotatable bonds is 7. The summed E-state index contributed by atoms with van der Waals surface area (Å²) in [5.74, 6) is 0. The predicted octanol–water partition coefficient (Wildman–Crippen LogP) is 4.02. The molecule has 0 amide bonds. The van der Waals surface area contributed by atoms with Gasteiger partial charge in [-0.25, -0.2) is 0 Å². The van der Waals surface area contributed by atoms with Crippen LogP contribution >= 0.6 is 0 Å². The Kier molecular flexibility index (Phi) is 6.99. The Bertz CT molecular complexity index is 567. The molecule has 25 heavy (non-hydrogen) atoms. The van der Waals surface area contributed by atoms with E-state index in [2.05, 4.69) is 69.8 Å². The molecule has 1 aliphatic heterocycles. The van der Waals surface area contributed by atoms with Gasteiger partial charge in [0.2, 0.25) is 0 Å². The van der Waals surface area contributed by atoms with Crippen molar-refractivity contribution in [3.05, 3.63) is 47.5 Å². The van der Waals surface area contributed by atoms with Gasteiger partial charge in [-0.2, -0.15) is 5.48 Å². The van der Waals surface area contributed by atoms with E-state index in [9.17, 15) is 0 Å². The Morgan fingerprint density at radius 1 is 1.20 bits per heavy atom. The molecule has 5 heteroatoms. The number of hydrogen-bond acceptors (Lipinski definition) is 4. The molecule has 0 radical (unpaired) electrons. The summed E-state index contributed by atoms with van der Waals surface area (Å²) >= 11 is 0. The third kappa shape index (κ3) is 6.04. The second kappa shape index (κ2) is 8.60. The lowest BCUT2D eigenvalue weighted by Gasteiger charge is -2.38. The van der Waals surface area contributed by atoms with Gasteiger partial charge in [0.25, 0.3) is 0 Å². The normalized spacial score (nSPS) is 21.9. The maximum absolute atomic E-state index is 6.36. The highest BCUT2D eigenvalue weighted by Gasteiger charge is 2.37. The van der Waals surface area contributed by atoms with Crippen molar-refractivity contribution < 1.29 is 9.26 Å². The van der Waals surface area contributed by atoms with Crippen LogP contribution in [0.25, 0.3) is 0 Å². The van der Waals surface area contributed by atoms with E-state index in [1.807, 2.05) is 18.2 Å². The molecule has 0 saturated heterocycles. The minimum absolute atomic E-state index is 0.188. The van der Waals surface area contributed by atoms with E-state index in [4.69, 9.17) is 9.26 Å². The zero-order valence-electron chi connectivity index (χ0n) is 16.6. The highest BCUT2D eigenvalue weighted by Crippen LogP contribution is 2.36. The Labute approximate surface area is 154 Å². The van der Waals surface area contributed by atoms with Crippen molar-refractivity contribution in [1.29, 1.82) is 0 Å². The van der Waals surface area contributed by atoms with E-state index < -0.39 is 8.32 Å². The van der Waals surface area contributed by atoms with Crippen molar-refractivity contribution in [1.82, 2.24) is 10.8 Å². The highest BCUT2D eigenvalue weighted by molar-refractivity contribution is 6.74. The van der Waals surface area contributed by atoms with Gasteiger partial charge in [0.1, 0.15) is 0 Å². The quantitative estimate of drug-likeness (QED) is 0.437. The summed E-state index contributed by atoms with van der Waals surface area (Å²) in [6.45, 7) is 15.8. The molecule has 140 valence electrons. The SMILES string of the molecule is CC1=C[C@@H](NOCc2ccccc2)CN[C@@H]1CO[Si](C)(C)C(C)(C)C. The van der Waals surface area contributed by atoms with Crippen LogP contribution in [-0.2, 0) is 15.9 Å². The first-order chi connectivity index (χ1) is 11.7. The number of nitrogens with one attached hydrogen (secondary N) is 2. The smallest absolute Gasteiger partial charge is 0.192 e. The van der Waals surface area contributed by atoms with Gasteiger partial charge in [-0.1, -0.05) is 62.8 Å². The molecule has 4 nitrogen and oxygen atoms in total. The first kappa shape index (κ1) is 20.3. The average Bonchev–Trinajstić information content (AvgIpc) is 2.54. The maximum atomic E-state index is 6.36. The van der Waals surface area contributed by atoms with Crippen LogP contribution in [0.5, 0.6) is 0 Å². The van der Waals surface area contributed by atoms with Gasteiger partial charge in [-0.05, 0) is 30.6 Å². The summed E-state index contributed by atoms with van der Waals surface area (Å²) in [6.07, 6.45) is 2.25. The third-order valence-corrected chi connectivity index (χ3v) is 9.83. The zero-order chi connectivity index (χ0) is 18.5. The fraction of sp³-hybridized carbons (Fsp3) is 0.600. The van der Waals surface area contributed by atoms with Crippen molar-refractivity contribution in [3.63, 3.8) is 0 Å². The average molecular weight is 363 g/mol. The van der Waals surface area contributed by atoms with Crippen molar-refractivity contribution in [3.8, 4) is 0 Å². The van der Waals surface area contributed by atoms with Gasteiger partial charge in [0.15, 0.2) is 8.32 Å². The molecule has 0 unspecified atom stereocenters. The second-order valence-corrected chi connectivity index (χ2v) is 13.3. The van der Waals surface area contributed by atoms with E-state index >= 15 is 0 Å². The molecule has 2 N–H and O–H groups in total. The van der Waals surface area contributed by atoms with Crippen molar-refractivity contribution in [2.75, 3.05) is 13.2 Å². The molecule has 2 atom stereocenters. The fourth-order valence-corrected chi connectivity index (χ4v) is 3.52. The van der Waals surface area contributed by atoms with Crippen molar-refractivity contribution in [2.24, 2.45) is 0 Å².